The fraction of sp³-hybridized carbons (Fsp3) is 0.538. The van der Waals surface area contributed by atoms with Crippen molar-refractivity contribution in [2.45, 2.75) is 24.8 Å². The van der Waals surface area contributed by atoms with Crippen molar-refractivity contribution in [3.05, 3.63) is 29.8 Å². The molecule has 1 saturated heterocycles. The van der Waals surface area contributed by atoms with E-state index in [1.165, 1.54) is 24.1 Å². The summed E-state index contributed by atoms with van der Waals surface area (Å²) in [6.07, 6.45) is 2.75. The van der Waals surface area contributed by atoms with Gasteiger partial charge in [-0.05, 0) is 24.5 Å². The number of anilines is 1. The lowest BCUT2D eigenvalue weighted by Gasteiger charge is -2.24. The fourth-order valence-electron chi connectivity index (χ4n) is 2.19. The highest BCUT2D eigenvalue weighted by Crippen LogP contribution is 2.23. The Morgan fingerprint density at radius 2 is 2.25 bits per heavy atom. The summed E-state index contributed by atoms with van der Waals surface area (Å²) in [5.74, 6) is 0.562. The molecule has 0 N–H and O–H groups in total. The van der Waals surface area contributed by atoms with Gasteiger partial charge in [-0.25, -0.2) is 0 Å². The molecule has 0 bridgehead atoms. The molecule has 1 aromatic carbocycles. The molecular weight excluding hydrogens is 222 g/mol. The largest absolute Gasteiger partial charge is 0.376 e. The highest BCUT2D eigenvalue weighted by atomic mass is 35.5. The Bertz CT molecular complexity index is 336. The highest BCUT2D eigenvalue weighted by Gasteiger charge is 2.18. The third kappa shape index (κ3) is 2.69. The van der Waals surface area contributed by atoms with Crippen molar-refractivity contribution in [3.8, 4) is 0 Å². The summed E-state index contributed by atoms with van der Waals surface area (Å²) in [4.78, 5) is 2.24. The van der Waals surface area contributed by atoms with E-state index in [9.17, 15) is 0 Å². The van der Waals surface area contributed by atoms with Gasteiger partial charge >= 0.3 is 0 Å². The quantitative estimate of drug-likeness (QED) is 0.749. The molecule has 16 heavy (non-hydrogen) atoms. The van der Waals surface area contributed by atoms with E-state index in [2.05, 4.69) is 30.1 Å². The van der Waals surface area contributed by atoms with Gasteiger partial charge in [0.2, 0.25) is 0 Å². The maximum absolute atomic E-state index is 5.93. The lowest BCUT2D eigenvalue weighted by molar-refractivity contribution is 0.116. The molecule has 0 saturated carbocycles. The van der Waals surface area contributed by atoms with E-state index in [1.807, 2.05) is 6.07 Å². The number of para-hydroxylation sites is 1. The van der Waals surface area contributed by atoms with E-state index >= 15 is 0 Å². The number of benzene rings is 1. The maximum atomic E-state index is 5.93. The van der Waals surface area contributed by atoms with Gasteiger partial charge in [-0.15, -0.1) is 11.6 Å². The van der Waals surface area contributed by atoms with Crippen LogP contribution in [0.4, 0.5) is 5.69 Å². The smallest absolute Gasteiger partial charge is 0.0750 e. The third-order valence-corrected chi connectivity index (χ3v) is 3.34. The van der Waals surface area contributed by atoms with Crippen LogP contribution in [0, 0.1) is 0 Å². The van der Waals surface area contributed by atoms with Gasteiger partial charge in [-0.1, -0.05) is 18.2 Å². The minimum absolute atomic E-state index is 0.383. The number of rotatable bonds is 4. The summed E-state index contributed by atoms with van der Waals surface area (Å²) >= 11 is 5.93. The molecule has 1 atom stereocenters. The van der Waals surface area contributed by atoms with Crippen molar-refractivity contribution in [3.63, 3.8) is 0 Å². The SMILES string of the molecule is CN(CC1CCCO1)c1ccccc1CCl. The van der Waals surface area contributed by atoms with Gasteiger partial charge in [0, 0.05) is 31.8 Å². The van der Waals surface area contributed by atoms with Crippen LogP contribution in [-0.4, -0.2) is 26.3 Å². The predicted octanol–water partition coefficient (Wildman–Crippen LogP) is 3.04. The first kappa shape index (κ1) is 11.7. The zero-order chi connectivity index (χ0) is 11.4. The summed E-state index contributed by atoms with van der Waals surface area (Å²) in [6.45, 7) is 1.86. The highest BCUT2D eigenvalue weighted by molar-refractivity contribution is 6.17. The number of hydrogen-bond donors (Lipinski definition) is 0. The van der Waals surface area contributed by atoms with Crippen LogP contribution in [-0.2, 0) is 10.6 Å². The molecule has 2 nitrogen and oxygen atoms in total. The molecule has 0 aliphatic carbocycles. The number of nitrogens with zero attached hydrogens (tertiary/aromatic N) is 1. The van der Waals surface area contributed by atoms with Crippen molar-refractivity contribution in [1.82, 2.24) is 0 Å². The Morgan fingerprint density at radius 3 is 2.94 bits per heavy atom. The fourth-order valence-corrected chi connectivity index (χ4v) is 2.41. The zero-order valence-corrected chi connectivity index (χ0v) is 10.4. The Labute approximate surface area is 102 Å². The van der Waals surface area contributed by atoms with Gasteiger partial charge in [-0.3, -0.25) is 0 Å². The Kier molecular flexibility index (Phi) is 4.08. The van der Waals surface area contributed by atoms with Crippen LogP contribution < -0.4 is 4.90 Å². The molecule has 1 aliphatic heterocycles. The molecule has 1 aliphatic rings. The first-order chi connectivity index (χ1) is 7.81. The Hall–Kier alpha value is -0.730. The molecule has 1 heterocycles. The van der Waals surface area contributed by atoms with Crippen LogP contribution in [0.5, 0.6) is 0 Å². The van der Waals surface area contributed by atoms with Crippen LogP contribution >= 0.6 is 11.6 Å². The van der Waals surface area contributed by atoms with Crippen molar-refractivity contribution in [2.24, 2.45) is 0 Å². The second-order valence-corrected chi connectivity index (χ2v) is 4.55. The lowest BCUT2D eigenvalue weighted by Crippen LogP contribution is -2.29. The van der Waals surface area contributed by atoms with Crippen LogP contribution in [0.1, 0.15) is 18.4 Å². The van der Waals surface area contributed by atoms with Gasteiger partial charge in [0.25, 0.3) is 0 Å². The van der Waals surface area contributed by atoms with Crippen molar-refractivity contribution in [1.29, 1.82) is 0 Å². The van der Waals surface area contributed by atoms with Gasteiger partial charge in [-0.2, -0.15) is 0 Å². The standard InChI is InChI=1S/C13H18ClNO/c1-15(10-12-6-4-8-16-12)13-7-3-2-5-11(13)9-14/h2-3,5,7,12H,4,6,8-10H2,1H3. The molecule has 0 radical (unpaired) electrons. The monoisotopic (exact) mass is 239 g/mol. The van der Waals surface area contributed by atoms with E-state index in [-0.39, 0.29) is 0 Å². The van der Waals surface area contributed by atoms with E-state index in [0.29, 0.717) is 12.0 Å². The predicted molar refractivity (Wildman–Crippen MR) is 68.2 cm³/mol. The van der Waals surface area contributed by atoms with E-state index in [0.717, 1.165) is 13.2 Å². The summed E-state index contributed by atoms with van der Waals surface area (Å²) in [5, 5.41) is 0. The first-order valence-electron chi connectivity index (χ1n) is 5.78. The normalized spacial score (nSPS) is 20.0. The average Bonchev–Trinajstić information content (AvgIpc) is 2.81. The summed E-state index contributed by atoms with van der Waals surface area (Å²) in [5.41, 5.74) is 2.40. The minimum atomic E-state index is 0.383. The molecular formula is C13H18ClNO. The van der Waals surface area contributed by atoms with E-state index in [1.54, 1.807) is 0 Å². The van der Waals surface area contributed by atoms with Crippen molar-refractivity contribution >= 4 is 17.3 Å². The zero-order valence-electron chi connectivity index (χ0n) is 9.66. The molecule has 3 heteroatoms. The Balaban J connectivity index is 2.04. The number of likely N-dealkylation sites (N-methyl/N-ethyl adjacent to an activating group) is 1. The summed E-state index contributed by atoms with van der Waals surface area (Å²) in [6, 6.07) is 8.28. The summed E-state index contributed by atoms with van der Waals surface area (Å²) < 4.78 is 5.64. The summed E-state index contributed by atoms with van der Waals surface area (Å²) in [7, 11) is 2.10. The van der Waals surface area contributed by atoms with Crippen LogP contribution in [0.2, 0.25) is 0 Å². The van der Waals surface area contributed by atoms with Gasteiger partial charge in [0.05, 0.1) is 6.10 Å². The van der Waals surface area contributed by atoms with Crippen LogP contribution in [0.3, 0.4) is 0 Å². The van der Waals surface area contributed by atoms with Crippen LogP contribution in [0.25, 0.3) is 0 Å². The lowest BCUT2D eigenvalue weighted by atomic mass is 10.1. The van der Waals surface area contributed by atoms with Gasteiger partial charge in [0.15, 0.2) is 0 Å². The topological polar surface area (TPSA) is 12.5 Å². The molecule has 2 rings (SSSR count). The number of alkyl halides is 1. The second-order valence-electron chi connectivity index (χ2n) is 4.28. The van der Waals surface area contributed by atoms with Crippen molar-refractivity contribution < 1.29 is 4.74 Å². The minimum Gasteiger partial charge on any atom is -0.376 e. The molecule has 88 valence electrons. The molecule has 0 amide bonds. The molecule has 1 fully saturated rings. The third-order valence-electron chi connectivity index (χ3n) is 3.05. The molecule has 0 spiro atoms. The maximum Gasteiger partial charge on any atom is 0.0750 e. The van der Waals surface area contributed by atoms with Gasteiger partial charge in [0.1, 0.15) is 0 Å². The van der Waals surface area contributed by atoms with Crippen LogP contribution in [0.15, 0.2) is 24.3 Å². The van der Waals surface area contributed by atoms with E-state index in [4.69, 9.17) is 16.3 Å². The number of hydrogen-bond acceptors (Lipinski definition) is 2. The first-order valence-corrected chi connectivity index (χ1v) is 6.31. The Morgan fingerprint density at radius 1 is 1.44 bits per heavy atom. The molecule has 0 aromatic heterocycles. The number of ether oxygens (including phenoxy) is 1. The number of halogens is 1. The molecule has 1 unspecified atom stereocenters. The van der Waals surface area contributed by atoms with Crippen molar-refractivity contribution in [2.75, 3.05) is 25.1 Å². The second kappa shape index (κ2) is 5.55. The van der Waals surface area contributed by atoms with Gasteiger partial charge < -0.3 is 9.64 Å². The molecule has 1 aromatic rings. The average molecular weight is 240 g/mol. The van der Waals surface area contributed by atoms with E-state index < -0.39 is 0 Å².